The Labute approximate surface area is 165 Å². The van der Waals surface area contributed by atoms with Crippen LogP contribution in [0, 0.1) is 0 Å². The predicted octanol–water partition coefficient (Wildman–Crippen LogP) is 4.16. The molecular weight excluding hydrogens is 406 g/mol. The molecule has 3 aromatic rings. The minimum absolute atomic E-state index is 0.00263. The maximum absolute atomic E-state index is 12.9. The average Bonchev–Trinajstić information content (AvgIpc) is 2.93. The molecule has 1 aliphatic rings. The molecule has 1 aromatic heterocycles. The first-order valence-electron chi connectivity index (χ1n) is 9.12. The second-order valence-corrected chi connectivity index (χ2v) is 7.78. The van der Waals surface area contributed by atoms with Crippen LogP contribution in [0.5, 0.6) is 0 Å². The molecule has 0 spiro atoms. The van der Waals surface area contributed by atoms with Crippen molar-refractivity contribution in [2.75, 3.05) is 11.9 Å². The van der Waals surface area contributed by atoms with Crippen molar-refractivity contribution >= 4 is 38.4 Å². The molecule has 5 nitrogen and oxygen atoms in total. The number of hydrogen-bond acceptors (Lipinski definition) is 3. The third-order valence-electron chi connectivity index (χ3n) is 5.08. The molecule has 4 rings (SSSR count). The lowest BCUT2D eigenvalue weighted by Gasteiger charge is -2.18. The molecule has 0 saturated carbocycles. The molecular formula is C21H20BrN3O2. The lowest BCUT2D eigenvalue weighted by atomic mass is 10.1. The number of hydrogen-bond donors (Lipinski definition) is 0. The van der Waals surface area contributed by atoms with Gasteiger partial charge in [0.2, 0.25) is 0 Å². The summed E-state index contributed by atoms with van der Waals surface area (Å²) in [5, 5.41) is 0.573. The number of carbonyl (C=O) groups is 1. The molecule has 6 heteroatoms. The fourth-order valence-corrected chi connectivity index (χ4v) is 3.79. The van der Waals surface area contributed by atoms with E-state index in [4.69, 9.17) is 4.98 Å². The van der Waals surface area contributed by atoms with Gasteiger partial charge in [-0.1, -0.05) is 22.4 Å². The van der Waals surface area contributed by atoms with E-state index >= 15 is 0 Å². The Bertz CT molecular complexity index is 1070. The lowest BCUT2D eigenvalue weighted by Crippen LogP contribution is -2.27. The normalized spacial score (nSPS) is 13.9. The summed E-state index contributed by atoms with van der Waals surface area (Å²) in [5.41, 5.74) is 1.93. The number of anilines is 1. The minimum Gasteiger partial charge on any atom is -0.311 e. The molecule has 0 aliphatic carbocycles. The zero-order chi connectivity index (χ0) is 19.0. The van der Waals surface area contributed by atoms with Gasteiger partial charge in [-0.05, 0) is 55.3 Å². The molecule has 1 aliphatic heterocycles. The molecule has 0 fully saturated rings. The van der Waals surface area contributed by atoms with Gasteiger partial charge in [0, 0.05) is 35.7 Å². The first-order valence-corrected chi connectivity index (χ1v) is 9.91. The molecule has 138 valence electrons. The van der Waals surface area contributed by atoms with E-state index in [0.29, 0.717) is 16.5 Å². The SMILES string of the molecule is CN(C(=O)c1ccc2c(=O)n3c(nc2c1)CCCCC3)c1ccc(Br)cc1. The van der Waals surface area contributed by atoms with Crippen LogP contribution < -0.4 is 10.5 Å². The molecule has 1 amide bonds. The quantitative estimate of drug-likeness (QED) is 0.619. The summed E-state index contributed by atoms with van der Waals surface area (Å²) in [6, 6.07) is 12.7. The van der Waals surface area contributed by atoms with Crippen LogP contribution in [0.4, 0.5) is 5.69 Å². The van der Waals surface area contributed by atoms with Crippen molar-refractivity contribution in [3.05, 3.63) is 68.7 Å². The third kappa shape index (κ3) is 3.41. The maximum atomic E-state index is 12.9. The van der Waals surface area contributed by atoms with Crippen molar-refractivity contribution in [3.8, 4) is 0 Å². The number of fused-ring (bicyclic) bond motifs is 2. The van der Waals surface area contributed by atoms with E-state index in [2.05, 4.69) is 15.9 Å². The van der Waals surface area contributed by atoms with Crippen molar-refractivity contribution in [2.24, 2.45) is 0 Å². The van der Waals surface area contributed by atoms with Gasteiger partial charge in [-0.15, -0.1) is 0 Å². The number of carbonyl (C=O) groups excluding carboxylic acids is 1. The monoisotopic (exact) mass is 425 g/mol. The van der Waals surface area contributed by atoms with E-state index in [0.717, 1.165) is 48.2 Å². The van der Waals surface area contributed by atoms with Crippen molar-refractivity contribution in [3.63, 3.8) is 0 Å². The summed E-state index contributed by atoms with van der Waals surface area (Å²) in [6.45, 7) is 0.726. The topological polar surface area (TPSA) is 55.2 Å². The maximum Gasteiger partial charge on any atom is 0.261 e. The Morgan fingerprint density at radius 2 is 1.89 bits per heavy atom. The molecule has 0 N–H and O–H groups in total. The Balaban J connectivity index is 1.73. The van der Waals surface area contributed by atoms with E-state index in [9.17, 15) is 9.59 Å². The average molecular weight is 426 g/mol. The molecule has 2 heterocycles. The summed E-state index contributed by atoms with van der Waals surface area (Å²) < 4.78 is 2.76. The summed E-state index contributed by atoms with van der Waals surface area (Å²) in [7, 11) is 1.75. The zero-order valence-corrected chi connectivity index (χ0v) is 16.7. The Kier molecular flexibility index (Phi) is 4.83. The van der Waals surface area contributed by atoms with Gasteiger partial charge in [-0.3, -0.25) is 14.2 Å². The van der Waals surface area contributed by atoms with Gasteiger partial charge in [-0.25, -0.2) is 4.98 Å². The van der Waals surface area contributed by atoms with Crippen molar-refractivity contribution in [1.82, 2.24) is 9.55 Å². The largest absolute Gasteiger partial charge is 0.311 e. The first-order chi connectivity index (χ1) is 13.0. The van der Waals surface area contributed by atoms with Crippen LogP contribution in [0.2, 0.25) is 0 Å². The third-order valence-corrected chi connectivity index (χ3v) is 5.61. The molecule has 27 heavy (non-hydrogen) atoms. The van der Waals surface area contributed by atoms with Gasteiger partial charge in [-0.2, -0.15) is 0 Å². The summed E-state index contributed by atoms with van der Waals surface area (Å²) in [6.07, 6.45) is 3.97. The van der Waals surface area contributed by atoms with Crippen LogP contribution in [-0.4, -0.2) is 22.5 Å². The van der Waals surface area contributed by atoms with Crippen molar-refractivity contribution in [2.45, 2.75) is 32.2 Å². The number of aromatic nitrogens is 2. The second kappa shape index (κ2) is 7.27. The number of halogens is 1. The van der Waals surface area contributed by atoms with Crippen LogP contribution in [0.15, 0.2) is 51.7 Å². The van der Waals surface area contributed by atoms with Crippen LogP contribution in [-0.2, 0) is 13.0 Å². The second-order valence-electron chi connectivity index (χ2n) is 6.87. The van der Waals surface area contributed by atoms with E-state index < -0.39 is 0 Å². The zero-order valence-electron chi connectivity index (χ0n) is 15.1. The van der Waals surface area contributed by atoms with E-state index in [1.165, 1.54) is 0 Å². The number of aryl methyl sites for hydroxylation is 1. The molecule has 0 atom stereocenters. The van der Waals surface area contributed by atoms with E-state index in [-0.39, 0.29) is 11.5 Å². The molecule has 0 bridgehead atoms. The van der Waals surface area contributed by atoms with Crippen molar-refractivity contribution < 1.29 is 4.79 Å². The molecule has 0 radical (unpaired) electrons. The Hall–Kier alpha value is -2.47. The van der Waals surface area contributed by atoms with Gasteiger partial charge in [0.15, 0.2) is 0 Å². The highest BCUT2D eigenvalue weighted by molar-refractivity contribution is 9.10. The highest BCUT2D eigenvalue weighted by atomic mass is 79.9. The summed E-state index contributed by atoms with van der Waals surface area (Å²) >= 11 is 3.40. The summed E-state index contributed by atoms with van der Waals surface area (Å²) in [4.78, 5) is 32.0. The van der Waals surface area contributed by atoms with E-state index in [1.54, 1.807) is 34.7 Å². The molecule has 0 unspecified atom stereocenters. The van der Waals surface area contributed by atoms with Crippen LogP contribution in [0.25, 0.3) is 10.9 Å². The summed E-state index contributed by atoms with van der Waals surface area (Å²) in [5.74, 6) is 0.701. The number of amides is 1. The Morgan fingerprint density at radius 3 is 2.67 bits per heavy atom. The highest BCUT2D eigenvalue weighted by Crippen LogP contribution is 2.21. The van der Waals surface area contributed by atoms with Gasteiger partial charge in [0.05, 0.1) is 10.9 Å². The highest BCUT2D eigenvalue weighted by Gasteiger charge is 2.17. The van der Waals surface area contributed by atoms with Crippen LogP contribution in [0.1, 0.15) is 35.4 Å². The van der Waals surface area contributed by atoms with Crippen LogP contribution >= 0.6 is 15.9 Å². The van der Waals surface area contributed by atoms with Gasteiger partial charge < -0.3 is 4.90 Å². The van der Waals surface area contributed by atoms with E-state index in [1.807, 2.05) is 24.3 Å². The number of benzene rings is 2. The van der Waals surface area contributed by atoms with Crippen molar-refractivity contribution in [1.29, 1.82) is 0 Å². The smallest absolute Gasteiger partial charge is 0.261 e. The molecule has 2 aromatic carbocycles. The first kappa shape index (κ1) is 17.9. The standard InChI is InChI=1S/C21H20BrN3O2/c1-24(16-9-7-15(22)8-10-16)20(26)14-6-11-17-18(13-14)23-19-5-3-2-4-12-25(19)21(17)27/h6-11,13H,2-5,12H2,1H3. The fraction of sp³-hybridized carbons (Fsp3) is 0.286. The van der Waals surface area contributed by atoms with Gasteiger partial charge in [0.1, 0.15) is 5.82 Å². The van der Waals surface area contributed by atoms with Gasteiger partial charge >= 0.3 is 0 Å². The van der Waals surface area contributed by atoms with Gasteiger partial charge in [0.25, 0.3) is 11.5 Å². The number of nitrogens with zero attached hydrogens (tertiary/aromatic N) is 3. The predicted molar refractivity (Wildman–Crippen MR) is 110 cm³/mol. The Morgan fingerprint density at radius 1 is 1.11 bits per heavy atom. The fourth-order valence-electron chi connectivity index (χ4n) is 3.53. The lowest BCUT2D eigenvalue weighted by molar-refractivity contribution is 0.0993. The minimum atomic E-state index is -0.129. The number of rotatable bonds is 2. The van der Waals surface area contributed by atoms with Crippen LogP contribution in [0.3, 0.4) is 0 Å². The molecule has 0 saturated heterocycles.